The van der Waals surface area contributed by atoms with E-state index in [9.17, 15) is 4.39 Å². The maximum Gasteiger partial charge on any atom is 0.125 e. The van der Waals surface area contributed by atoms with Gasteiger partial charge in [0.1, 0.15) is 12.1 Å². The fraction of sp³-hybridized carbons (Fsp3) is 0.200. The summed E-state index contributed by atoms with van der Waals surface area (Å²) in [6.45, 7) is 2.02. The first kappa shape index (κ1) is 8.10. The highest BCUT2D eigenvalue weighted by Gasteiger charge is 2.01. The molecule has 2 aromatic rings. The Morgan fingerprint density at radius 1 is 1.31 bits per heavy atom. The van der Waals surface area contributed by atoms with E-state index in [0.29, 0.717) is 5.52 Å². The van der Waals surface area contributed by atoms with Crippen molar-refractivity contribution in [1.29, 1.82) is 0 Å². The lowest BCUT2D eigenvalue weighted by atomic mass is 10.1. The number of aryl methyl sites for hydroxylation is 1. The molecular weight excluding hydrogens is 167 g/mol. The maximum atomic E-state index is 12.8. The summed E-state index contributed by atoms with van der Waals surface area (Å²) in [5, 5.41) is 0.936. The Bertz CT molecular complexity index is 440. The lowest BCUT2D eigenvalue weighted by Gasteiger charge is -2.01. The molecule has 1 aromatic carbocycles. The monoisotopic (exact) mass is 176 g/mol. The fourth-order valence-corrected chi connectivity index (χ4v) is 1.37. The maximum absolute atomic E-state index is 12.8. The van der Waals surface area contributed by atoms with Crippen LogP contribution in [0.1, 0.15) is 12.6 Å². The molecule has 0 aliphatic carbocycles. The Labute approximate surface area is 75.4 Å². The van der Waals surface area contributed by atoms with E-state index in [4.69, 9.17) is 0 Å². The second kappa shape index (κ2) is 3.09. The Balaban J connectivity index is 2.77. The number of hydrogen-bond acceptors (Lipinski definition) is 2. The van der Waals surface area contributed by atoms with Gasteiger partial charge >= 0.3 is 0 Å². The van der Waals surface area contributed by atoms with Gasteiger partial charge in [0.15, 0.2) is 0 Å². The summed E-state index contributed by atoms with van der Waals surface area (Å²) >= 11 is 0. The molecule has 2 rings (SSSR count). The van der Waals surface area contributed by atoms with E-state index >= 15 is 0 Å². The van der Waals surface area contributed by atoms with Gasteiger partial charge in [-0.2, -0.15) is 0 Å². The highest BCUT2D eigenvalue weighted by Crippen LogP contribution is 2.15. The molecule has 2 nitrogen and oxygen atoms in total. The van der Waals surface area contributed by atoms with Gasteiger partial charge in [0.05, 0.1) is 11.2 Å². The van der Waals surface area contributed by atoms with E-state index < -0.39 is 0 Å². The predicted molar refractivity (Wildman–Crippen MR) is 48.9 cm³/mol. The van der Waals surface area contributed by atoms with Crippen LogP contribution in [0.2, 0.25) is 0 Å². The van der Waals surface area contributed by atoms with E-state index in [1.807, 2.05) is 6.92 Å². The van der Waals surface area contributed by atoms with Gasteiger partial charge in [-0.25, -0.2) is 14.4 Å². The van der Waals surface area contributed by atoms with Gasteiger partial charge in [0.2, 0.25) is 0 Å². The number of benzene rings is 1. The van der Waals surface area contributed by atoms with Crippen molar-refractivity contribution in [3.63, 3.8) is 0 Å². The number of rotatable bonds is 1. The number of fused-ring (bicyclic) bond motifs is 1. The topological polar surface area (TPSA) is 25.8 Å². The van der Waals surface area contributed by atoms with Gasteiger partial charge in [-0.15, -0.1) is 0 Å². The number of halogens is 1. The zero-order valence-corrected chi connectivity index (χ0v) is 7.29. The van der Waals surface area contributed by atoms with Gasteiger partial charge in [0, 0.05) is 11.5 Å². The molecule has 1 aromatic heterocycles. The molecule has 0 atom stereocenters. The van der Waals surface area contributed by atoms with E-state index in [2.05, 4.69) is 9.97 Å². The van der Waals surface area contributed by atoms with Crippen LogP contribution in [0, 0.1) is 5.82 Å². The Morgan fingerprint density at radius 3 is 2.92 bits per heavy atom. The molecule has 0 radical (unpaired) electrons. The molecule has 0 amide bonds. The molecule has 1 heterocycles. The minimum atomic E-state index is -0.256. The van der Waals surface area contributed by atoms with Crippen LogP contribution in [0.15, 0.2) is 24.5 Å². The standard InChI is InChI=1S/C10H9FN2/c1-2-9-8-4-3-7(11)5-10(8)13-6-12-9/h3-6H,2H2,1H3. The Morgan fingerprint density at radius 2 is 2.15 bits per heavy atom. The highest BCUT2D eigenvalue weighted by atomic mass is 19.1. The third kappa shape index (κ3) is 1.37. The zero-order chi connectivity index (χ0) is 9.26. The SMILES string of the molecule is CCc1ncnc2cc(F)ccc12. The van der Waals surface area contributed by atoms with Gasteiger partial charge in [-0.05, 0) is 18.6 Å². The number of nitrogens with zero attached hydrogens (tertiary/aromatic N) is 2. The fourth-order valence-electron chi connectivity index (χ4n) is 1.37. The molecule has 3 heteroatoms. The lowest BCUT2D eigenvalue weighted by molar-refractivity contribution is 0.629. The molecular formula is C10H9FN2. The van der Waals surface area contributed by atoms with Gasteiger partial charge in [0.25, 0.3) is 0 Å². The average molecular weight is 176 g/mol. The van der Waals surface area contributed by atoms with Gasteiger partial charge in [-0.1, -0.05) is 6.92 Å². The molecule has 0 fully saturated rings. The zero-order valence-electron chi connectivity index (χ0n) is 7.29. The average Bonchev–Trinajstić information content (AvgIpc) is 2.16. The third-order valence-electron chi connectivity index (χ3n) is 2.02. The van der Waals surface area contributed by atoms with Crippen molar-refractivity contribution in [3.8, 4) is 0 Å². The van der Waals surface area contributed by atoms with Crippen LogP contribution in [0.5, 0.6) is 0 Å². The van der Waals surface area contributed by atoms with E-state index in [1.54, 1.807) is 6.07 Å². The summed E-state index contributed by atoms with van der Waals surface area (Å²) in [6.07, 6.45) is 2.31. The predicted octanol–water partition coefficient (Wildman–Crippen LogP) is 2.33. The third-order valence-corrected chi connectivity index (χ3v) is 2.02. The summed E-state index contributed by atoms with van der Waals surface area (Å²) in [7, 11) is 0. The van der Waals surface area contributed by atoms with Crippen molar-refractivity contribution in [2.24, 2.45) is 0 Å². The molecule has 13 heavy (non-hydrogen) atoms. The molecule has 0 N–H and O–H groups in total. The smallest absolute Gasteiger partial charge is 0.125 e. The van der Waals surface area contributed by atoms with Crippen LogP contribution >= 0.6 is 0 Å². The van der Waals surface area contributed by atoms with Gasteiger partial charge < -0.3 is 0 Å². The second-order valence-electron chi connectivity index (χ2n) is 2.84. The molecule has 0 bridgehead atoms. The summed E-state index contributed by atoms with van der Waals surface area (Å²) < 4.78 is 12.8. The summed E-state index contributed by atoms with van der Waals surface area (Å²) in [6, 6.07) is 4.59. The second-order valence-corrected chi connectivity index (χ2v) is 2.84. The lowest BCUT2D eigenvalue weighted by Crippen LogP contribution is -1.91. The van der Waals surface area contributed by atoms with Crippen LogP contribution in [-0.2, 0) is 6.42 Å². The molecule has 0 aliphatic heterocycles. The van der Waals surface area contributed by atoms with Crippen molar-refractivity contribution >= 4 is 10.9 Å². The Hall–Kier alpha value is -1.51. The molecule has 0 unspecified atom stereocenters. The molecule has 0 saturated heterocycles. The van der Waals surface area contributed by atoms with E-state index in [-0.39, 0.29) is 5.82 Å². The number of hydrogen-bond donors (Lipinski definition) is 0. The van der Waals surface area contributed by atoms with Crippen molar-refractivity contribution in [1.82, 2.24) is 9.97 Å². The van der Waals surface area contributed by atoms with Crippen LogP contribution in [0.4, 0.5) is 4.39 Å². The minimum Gasteiger partial charge on any atom is -0.241 e. The van der Waals surface area contributed by atoms with Crippen molar-refractivity contribution in [2.75, 3.05) is 0 Å². The molecule has 0 spiro atoms. The van der Waals surface area contributed by atoms with E-state index in [1.165, 1.54) is 18.5 Å². The van der Waals surface area contributed by atoms with Crippen LogP contribution in [-0.4, -0.2) is 9.97 Å². The van der Waals surface area contributed by atoms with Crippen LogP contribution in [0.3, 0.4) is 0 Å². The molecule has 0 saturated carbocycles. The minimum absolute atomic E-state index is 0.256. The van der Waals surface area contributed by atoms with Gasteiger partial charge in [-0.3, -0.25) is 0 Å². The first-order chi connectivity index (χ1) is 6.31. The van der Waals surface area contributed by atoms with Crippen LogP contribution < -0.4 is 0 Å². The number of aromatic nitrogens is 2. The quantitative estimate of drug-likeness (QED) is 0.666. The van der Waals surface area contributed by atoms with Crippen molar-refractivity contribution in [2.45, 2.75) is 13.3 Å². The highest BCUT2D eigenvalue weighted by molar-refractivity contribution is 5.80. The van der Waals surface area contributed by atoms with Crippen LogP contribution in [0.25, 0.3) is 10.9 Å². The largest absolute Gasteiger partial charge is 0.241 e. The Kier molecular flexibility index (Phi) is 1.93. The molecule has 0 aliphatic rings. The normalized spacial score (nSPS) is 10.6. The first-order valence-electron chi connectivity index (χ1n) is 4.20. The van der Waals surface area contributed by atoms with E-state index in [0.717, 1.165) is 17.5 Å². The first-order valence-corrected chi connectivity index (χ1v) is 4.20. The summed E-state index contributed by atoms with van der Waals surface area (Å²) in [5.74, 6) is -0.256. The summed E-state index contributed by atoms with van der Waals surface area (Å²) in [4.78, 5) is 8.12. The summed E-state index contributed by atoms with van der Waals surface area (Å²) in [5.41, 5.74) is 1.64. The molecule has 66 valence electrons. The van der Waals surface area contributed by atoms with Crippen molar-refractivity contribution < 1.29 is 4.39 Å². The van der Waals surface area contributed by atoms with Crippen molar-refractivity contribution in [3.05, 3.63) is 36.0 Å².